The molecule has 6 nitrogen and oxygen atoms in total. The molecular weight excluding hydrogens is 382 g/mol. The maximum atomic E-state index is 12.9. The Kier molecular flexibility index (Phi) is 6.69. The molecule has 0 bridgehead atoms. The number of aryl methyl sites for hydroxylation is 2. The Morgan fingerprint density at radius 3 is 2.48 bits per heavy atom. The molecule has 1 N–H and O–H groups in total. The minimum atomic E-state index is -0.353. The van der Waals surface area contributed by atoms with Crippen LogP contribution in [0.15, 0.2) is 47.6 Å². The lowest BCUT2D eigenvalue weighted by atomic mass is 9.97. The van der Waals surface area contributed by atoms with Gasteiger partial charge in [-0.15, -0.1) is 5.10 Å². The molecule has 152 valence electrons. The predicted octanol–water partition coefficient (Wildman–Crippen LogP) is 4.91. The van der Waals surface area contributed by atoms with Crippen molar-refractivity contribution in [3.05, 3.63) is 59.2 Å². The standard InChI is InChI=1S/C22H27N5OS/c1-6-14(2)18-12-7-8-13-19(18)23-21(28)17(5)29-22-24-25-26-27(22)20-15(3)10-9-11-16(20)4/h7-14,17H,6H2,1-5H3,(H,23,28)/t14-,17-/m1/s1. The molecule has 29 heavy (non-hydrogen) atoms. The monoisotopic (exact) mass is 409 g/mol. The van der Waals surface area contributed by atoms with Gasteiger partial charge in [-0.3, -0.25) is 4.79 Å². The number of tetrazole rings is 1. The summed E-state index contributed by atoms with van der Waals surface area (Å²) in [5.41, 5.74) is 5.14. The molecule has 1 heterocycles. The number of carbonyl (C=O) groups is 1. The second-order valence-corrected chi connectivity index (χ2v) is 8.57. The number of para-hydroxylation sites is 2. The fourth-order valence-electron chi connectivity index (χ4n) is 3.24. The average Bonchev–Trinajstić information content (AvgIpc) is 3.15. The van der Waals surface area contributed by atoms with Gasteiger partial charge in [0.1, 0.15) is 0 Å². The van der Waals surface area contributed by atoms with E-state index in [1.807, 2.05) is 57.2 Å². The Balaban J connectivity index is 1.78. The molecule has 0 aliphatic rings. The molecule has 3 rings (SSSR count). The number of anilines is 1. The molecule has 7 heteroatoms. The van der Waals surface area contributed by atoms with E-state index in [0.717, 1.165) is 34.5 Å². The van der Waals surface area contributed by atoms with Gasteiger partial charge in [0, 0.05) is 5.69 Å². The van der Waals surface area contributed by atoms with E-state index in [2.05, 4.69) is 40.8 Å². The van der Waals surface area contributed by atoms with Gasteiger partial charge < -0.3 is 5.32 Å². The van der Waals surface area contributed by atoms with Gasteiger partial charge in [0.05, 0.1) is 10.9 Å². The number of thioether (sulfide) groups is 1. The summed E-state index contributed by atoms with van der Waals surface area (Å²) in [5.74, 6) is 0.313. The number of nitrogens with one attached hydrogen (secondary N) is 1. The summed E-state index contributed by atoms with van der Waals surface area (Å²) >= 11 is 1.35. The van der Waals surface area contributed by atoms with Crippen LogP contribution < -0.4 is 5.32 Å². The molecule has 1 aromatic heterocycles. The van der Waals surface area contributed by atoms with Crippen LogP contribution in [-0.4, -0.2) is 31.4 Å². The van der Waals surface area contributed by atoms with Gasteiger partial charge in [-0.05, 0) is 66.3 Å². The summed E-state index contributed by atoms with van der Waals surface area (Å²) in [7, 11) is 0. The molecule has 0 saturated heterocycles. The number of hydrogen-bond donors (Lipinski definition) is 1. The first-order valence-electron chi connectivity index (χ1n) is 9.83. The number of benzene rings is 2. The second kappa shape index (κ2) is 9.22. The summed E-state index contributed by atoms with van der Waals surface area (Å²) in [6, 6.07) is 14.0. The highest BCUT2D eigenvalue weighted by Crippen LogP contribution is 2.29. The van der Waals surface area contributed by atoms with Crippen molar-refractivity contribution in [3.8, 4) is 5.69 Å². The molecule has 0 fully saturated rings. The molecule has 0 aliphatic carbocycles. The zero-order chi connectivity index (χ0) is 21.0. The Hall–Kier alpha value is -2.67. The third-order valence-corrected chi connectivity index (χ3v) is 6.14. The lowest BCUT2D eigenvalue weighted by Crippen LogP contribution is -2.24. The smallest absolute Gasteiger partial charge is 0.237 e. The highest BCUT2D eigenvalue weighted by molar-refractivity contribution is 8.00. The van der Waals surface area contributed by atoms with Crippen LogP contribution >= 0.6 is 11.8 Å². The van der Waals surface area contributed by atoms with Gasteiger partial charge in [-0.25, -0.2) is 0 Å². The lowest BCUT2D eigenvalue weighted by Gasteiger charge is -2.18. The topological polar surface area (TPSA) is 72.7 Å². The predicted molar refractivity (Wildman–Crippen MR) is 118 cm³/mol. The Morgan fingerprint density at radius 1 is 1.10 bits per heavy atom. The number of rotatable bonds is 7. The molecule has 2 aromatic carbocycles. The maximum absolute atomic E-state index is 12.9. The summed E-state index contributed by atoms with van der Waals surface area (Å²) in [6.07, 6.45) is 1.02. The van der Waals surface area contributed by atoms with Crippen molar-refractivity contribution < 1.29 is 4.79 Å². The number of carbonyl (C=O) groups excluding carboxylic acids is 1. The maximum Gasteiger partial charge on any atom is 0.237 e. The van der Waals surface area contributed by atoms with Crippen LogP contribution in [0.3, 0.4) is 0 Å². The first kappa shape index (κ1) is 21.0. The minimum Gasteiger partial charge on any atom is -0.325 e. The van der Waals surface area contributed by atoms with E-state index in [9.17, 15) is 4.79 Å². The van der Waals surface area contributed by atoms with Gasteiger partial charge >= 0.3 is 0 Å². The summed E-state index contributed by atoms with van der Waals surface area (Å²) in [4.78, 5) is 12.9. The summed E-state index contributed by atoms with van der Waals surface area (Å²) < 4.78 is 1.71. The largest absolute Gasteiger partial charge is 0.325 e. The molecule has 0 aliphatic heterocycles. The fraction of sp³-hybridized carbons (Fsp3) is 0.364. The third-order valence-electron chi connectivity index (χ3n) is 5.11. The van der Waals surface area contributed by atoms with Gasteiger partial charge in [-0.1, -0.05) is 62.0 Å². The number of hydrogen-bond acceptors (Lipinski definition) is 5. The van der Waals surface area contributed by atoms with E-state index in [-0.39, 0.29) is 11.2 Å². The molecule has 0 radical (unpaired) electrons. The summed E-state index contributed by atoms with van der Waals surface area (Å²) in [5, 5.41) is 15.5. The normalized spacial score (nSPS) is 13.1. The van der Waals surface area contributed by atoms with Crippen LogP contribution in [0.25, 0.3) is 5.69 Å². The zero-order valence-electron chi connectivity index (χ0n) is 17.5. The third kappa shape index (κ3) is 4.67. The molecule has 1 amide bonds. The van der Waals surface area contributed by atoms with Crippen molar-refractivity contribution in [3.63, 3.8) is 0 Å². The summed E-state index contributed by atoms with van der Waals surface area (Å²) in [6.45, 7) is 10.2. The van der Waals surface area contributed by atoms with Crippen molar-refractivity contribution >= 4 is 23.4 Å². The van der Waals surface area contributed by atoms with Gasteiger partial charge in [-0.2, -0.15) is 4.68 Å². The van der Waals surface area contributed by atoms with E-state index in [4.69, 9.17) is 0 Å². The van der Waals surface area contributed by atoms with Crippen molar-refractivity contribution in [2.75, 3.05) is 5.32 Å². The highest BCUT2D eigenvalue weighted by Gasteiger charge is 2.21. The van der Waals surface area contributed by atoms with Crippen LogP contribution in [0.1, 0.15) is 49.8 Å². The van der Waals surface area contributed by atoms with Crippen molar-refractivity contribution in [1.82, 2.24) is 20.2 Å². The van der Waals surface area contributed by atoms with Crippen LogP contribution in [0, 0.1) is 13.8 Å². The van der Waals surface area contributed by atoms with E-state index < -0.39 is 0 Å². The van der Waals surface area contributed by atoms with Gasteiger partial charge in [0.25, 0.3) is 0 Å². The van der Waals surface area contributed by atoms with Crippen LogP contribution in [0.4, 0.5) is 5.69 Å². The fourth-order valence-corrected chi connectivity index (χ4v) is 4.03. The molecule has 3 aromatic rings. The van der Waals surface area contributed by atoms with Crippen LogP contribution in [0.2, 0.25) is 0 Å². The molecule has 2 atom stereocenters. The van der Waals surface area contributed by atoms with E-state index in [1.54, 1.807) is 4.68 Å². The Bertz CT molecular complexity index is 980. The lowest BCUT2D eigenvalue weighted by molar-refractivity contribution is -0.115. The highest BCUT2D eigenvalue weighted by atomic mass is 32.2. The molecule has 0 spiro atoms. The second-order valence-electron chi connectivity index (χ2n) is 7.26. The minimum absolute atomic E-state index is 0.0678. The van der Waals surface area contributed by atoms with E-state index in [1.165, 1.54) is 11.8 Å². The number of aromatic nitrogens is 4. The van der Waals surface area contributed by atoms with E-state index >= 15 is 0 Å². The first-order valence-corrected chi connectivity index (χ1v) is 10.7. The van der Waals surface area contributed by atoms with Crippen LogP contribution in [0.5, 0.6) is 0 Å². The Morgan fingerprint density at radius 2 is 1.79 bits per heavy atom. The van der Waals surface area contributed by atoms with E-state index in [0.29, 0.717) is 11.1 Å². The average molecular weight is 410 g/mol. The van der Waals surface area contributed by atoms with Crippen molar-refractivity contribution in [2.24, 2.45) is 0 Å². The van der Waals surface area contributed by atoms with Gasteiger partial charge in [0.2, 0.25) is 11.1 Å². The molecule has 0 saturated carbocycles. The van der Waals surface area contributed by atoms with Crippen molar-refractivity contribution in [2.45, 2.75) is 57.4 Å². The molecule has 0 unspecified atom stereocenters. The van der Waals surface area contributed by atoms with Crippen LogP contribution in [-0.2, 0) is 4.79 Å². The molecular formula is C22H27N5OS. The van der Waals surface area contributed by atoms with Gasteiger partial charge in [0.15, 0.2) is 0 Å². The number of nitrogens with zero attached hydrogens (tertiary/aromatic N) is 4. The zero-order valence-corrected chi connectivity index (χ0v) is 18.3. The van der Waals surface area contributed by atoms with Crippen molar-refractivity contribution in [1.29, 1.82) is 0 Å². The quantitative estimate of drug-likeness (QED) is 0.561. The SMILES string of the molecule is CC[C@@H](C)c1ccccc1NC(=O)[C@@H](C)Sc1nnnn1-c1c(C)cccc1C. The Labute approximate surface area is 176 Å². The number of amides is 1. The first-order chi connectivity index (χ1) is 13.9.